The minimum atomic E-state index is -2.78. The van der Waals surface area contributed by atoms with Crippen LogP contribution in [0.4, 0.5) is 0 Å². The highest BCUT2D eigenvalue weighted by atomic mass is 31.1. The van der Waals surface area contributed by atoms with E-state index in [1.165, 1.54) is 24.1 Å². The van der Waals surface area contributed by atoms with Gasteiger partial charge in [0.1, 0.15) is 18.9 Å². The number of nitrogens with zero attached hydrogens (tertiary/aromatic N) is 1. The molecule has 1 aromatic rings. The van der Waals surface area contributed by atoms with Crippen LogP contribution in [0.5, 0.6) is 0 Å². The topological polar surface area (TPSA) is 131 Å². The number of aromatic nitrogens is 2. The van der Waals surface area contributed by atoms with Crippen molar-refractivity contribution in [1.29, 1.82) is 0 Å². The third-order valence-electron chi connectivity index (χ3n) is 3.01. The average Bonchev–Trinajstić information content (AvgIpc) is 2.82. The van der Waals surface area contributed by atoms with Crippen LogP contribution in [0.1, 0.15) is 38.5 Å². The quantitative estimate of drug-likeness (QED) is 0.678. The number of aromatic amines is 1. The van der Waals surface area contributed by atoms with E-state index in [0.29, 0.717) is 5.56 Å². The van der Waals surface area contributed by atoms with Crippen LogP contribution in [-0.2, 0) is 13.8 Å². The van der Waals surface area contributed by atoms with Crippen molar-refractivity contribution >= 4 is 8.25 Å². The van der Waals surface area contributed by atoms with E-state index in [0.717, 1.165) is 0 Å². The number of aryl methyl sites for hydroxylation is 1. The van der Waals surface area contributed by atoms with Crippen molar-refractivity contribution in [3.05, 3.63) is 32.6 Å². The Morgan fingerprint density at radius 2 is 2.09 bits per heavy atom. The second kappa shape index (κ2) is 9.05. The maximum atomic E-state index is 11.7. The fourth-order valence-corrected chi connectivity index (χ4v) is 2.25. The smallest absolute Gasteiger partial charge is 0.390 e. The molecule has 0 aliphatic carbocycles. The van der Waals surface area contributed by atoms with Crippen molar-refractivity contribution in [3.63, 3.8) is 0 Å². The van der Waals surface area contributed by atoms with Gasteiger partial charge in [-0.05, 0) is 6.92 Å². The summed E-state index contributed by atoms with van der Waals surface area (Å²) >= 11 is 0. The Kier molecular flexibility index (Phi) is 7.74. The summed E-state index contributed by atoms with van der Waals surface area (Å²) in [6, 6.07) is 0. The van der Waals surface area contributed by atoms with Crippen LogP contribution in [0.25, 0.3) is 0 Å². The van der Waals surface area contributed by atoms with Crippen LogP contribution in [0.2, 0.25) is 0 Å². The number of aliphatic hydroxyl groups is 1. The van der Waals surface area contributed by atoms with Gasteiger partial charge in [-0.25, -0.2) is 4.79 Å². The highest BCUT2D eigenvalue weighted by molar-refractivity contribution is 7.32. The summed E-state index contributed by atoms with van der Waals surface area (Å²) in [6.07, 6.45) is 0.188. The van der Waals surface area contributed by atoms with Gasteiger partial charge in [-0.3, -0.25) is 14.3 Å². The highest BCUT2D eigenvalue weighted by Crippen LogP contribution is 2.29. The molecule has 1 aromatic heterocycles. The molecule has 2 heterocycles. The van der Waals surface area contributed by atoms with Crippen molar-refractivity contribution in [2.75, 3.05) is 6.61 Å². The van der Waals surface area contributed by atoms with Gasteiger partial charge in [0.25, 0.3) is 5.56 Å². The molecule has 10 heteroatoms. The van der Waals surface area contributed by atoms with E-state index < -0.39 is 37.9 Å². The molecule has 1 fully saturated rings. The van der Waals surface area contributed by atoms with E-state index >= 15 is 0 Å². The van der Waals surface area contributed by atoms with Crippen LogP contribution < -0.4 is 11.2 Å². The average molecular weight is 349 g/mol. The first-order chi connectivity index (χ1) is 10.8. The number of H-pyrrole nitrogens is 1. The molecule has 0 saturated carbocycles. The predicted octanol–water partition coefficient (Wildman–Crippen LogP) is 0.576. The molecule has 23 heavy (non-hydrogen) atoms. The molecular formula is C13H22N2O7P+. The van der Waals surface area contributed by atoms with E-state index in [1.54, 1.807) is 0 Å². The molecule has 0 amide bonds. The maximum Gasteiger partial charge on any atom is 0.694 e. The normalized spacial score (nSPS) is 24.0. The molecule has 3 N–H and O–H groups in total. The second-order valence-electron chi connectivity index (χ2n) is 5.15. The zero-order chi connectivity index (χ0) is 17.6. The number of nitrogens with one attached hydrogen (secondary N) is 1. The summed E-state index contributed by atoms with van der Waals surface area (Å²) in [5, 5.41) is 9.78. The minimum absolute atomic E-state index is 0.113. The highest BCUT2D eigenvalue weighted by Gasteiger charge is 2.37. The molecule has 0 radical (unpaired) electrons. The molecular weight excluding hydrogens is 327 g/mol. The Labute approximate surface area is 133 Å². The van der Waals surface area contributed by atoms with Gasteiger partial charge in [-0.1, -0.05) is 20.3 Å². The maximum absolute atomic E-state index is 11.7. The molecule has 1 aliphatic rings. The second-order valence-corrected chi connectivity index (χ2v) is 5.89. The molecule has 0 bridgehead atoms. The summed E-state index contributed by atoms with van der Waals surface area (Å²) < 4.78 is 21.5. The van der Waals surface area contributed by atoms with Gasteiger partial charge < -0.3 is 9.84 Å². The zero-order valence-electron chi connectivity index (χ0n) is 13.3. The monoisotopic (exact) mass is 349 g/mol. The lowest BCUT2D eigenvalue weighted by atomic mass is 10.2. The lowest BCUT2D eigenvalue weighted by molar-refractivity contribution is -0.0413. The summed E-state index contributed by atoms with van der Waals surface area (Å²) in [5.41, 5.74) is -0.796. The third-order valence-corrected chi connectivity index (χ3v) is 3.38. The molecule has 1 saturated heterocycles. The molecule has 2 rings (SSSR count). The minimum Gasteiger partial charge on any atom is -0.390 e. The van der Waals surface area contributed by atoms with E-state index in [9.17, 15) is 19.3 Å². The van der Waals surface area contributed by atoms with Gasteiger partial charge in [-0.2, -0.15) is 0 Å². The lowest BCUT2D eigenvalue weighted by Crippen LogP contribution is -2.33. The SMILES string of the molecule is CCC.Cc1cn(C2CC(O)C(CO[P+](=O)O)O2)c(=O)[nH]c1=O. The van der Waals surface area contributed by atoms with Gasteiger partial charge >= 0.3 is 13.9 Å². The van der Waals surface area contributed by atoms with E-state index in [1.807, 2.05) is 0 Å². The Bertz CT molecular complexity index is 642. The Balaban J connectivity index is 0.000000816. The predicted molar refractivity (Wildman–Crippen MR) is 82.3 cm³/mol. The van der Waals surface area contributed by atoms with Crippen LogP contribution in [0, 0.1) is 6.92 Å². The van der Waals surface area contributed by atoms with Crippen molar-refractivity contribution < 1.29 is 23.8 Å². The molecule has 1 aliphatic heterocycles. The molecule has 4 atom stereocenters. The molecule has 9 nitrogen and oxygen atoms in total. The summed E-state index contributed by atoms with van der Waals surface area (Å²) in [7, 11) is -2.78. The Morgan fingerprint density at radius 1 is 1.48 bits per heavy atom. The number of rotatable bonds is 4. The van der Waals surface area contributed by atoms with Crippen molar-refractivity contribution in [3.8, 4) is 0 Å². The summed E-state index contributed by atoms with van der Waals surface area (Å²) in [5.74, 6) is 0. The van der Waals surface area contributed by atoms with Gasteiger partial charge in [0.15, 0.2) is 0 Å². The van der Waals surface area contributed by atoms with Gasteiger partial charge in [0.2, 0.25) is 0 Å². The lowest BCUT2D eigenvalue weighted by Gasteiger charge is -2.14. The van der Waals surface area contributed by atoms with Gasteiger partial charge in [0, 0.05) is 22.7 Å². The Morgan fingerprint density at radius 3 is 2.65 bits per heavy atom. The van der Waals surface area contributed by atoms with Crippen molar-refractivity contribution in [2.45, 2.75) is 52.0 Å². The summed E-state index contributed by atoms with van der Waals surface area (Å²) in [4.78, 5) is 33.6. The number of aliphatic hydroxyl groups excluding tert-OH is 1. The standard InChI is InChI=1S/C10H13N2O7P.C3H8/c1-5-3-12(10(15)11-9(5)14)8-2-6(13)7(19-8)4-18-20(16)17;1-3-2/h3,6-8,13H,2,4H2,1H3,(H-,11,14,15,16,17);3H2,1-2H3/p+1. The fourth-order valence-electron chi connectivity index (χ4n) is 1.97. The molecule has 0 aromatic carbocycles. The van der Waals surface area contributed by atoms with Crippen LogP contribution >= 0.6 is 8.25 Å². The third kappa shape index (κ3) is 5.63. The number of hydrogen-bond acceptors (Lipinski definition) is 6. The zero-order valence-corrected chi connectivity index (χ0v) is 14.2. The molecule has 130 valence electrons. The van der Waals surface area contributed by atoms with E-state index in [2.05, 4.69) is 23.4 Å². The molecule has 4 unspecified atom stereocenters. The Hall–Kier alpha value is -1.38. The number of ether oxygens (including phenoxy) is 1. The first kappa shape index (κ1) is 19.7. The van der Waals surface area contributed by atoms with E-state index in [-0.39, 0.29) is 13.0 Å². The fraction of sp³-hybridized carbons (Fsp3) is 0.692. The summed E-state index contributed by atoms with van der Waals surface area (Å²) in [6.45, 7) is 5.53. The first-order valence-corrected chi connectivity index (χ1v) is 8.37. The number of hydrogen-bond donors (Lipinski definition) is 3. The molecule has 0 spiro atoms. The van der Waals surface area contributed by atoms with Crippen molar-refractivity contribution in [2.24, 2.45) is 0 Å². The van der Waals surface area contributed by atoms with E-state index in [4.69, 9.17) is 9.63 Å². The van der Waals surface area contributed by atoms with Crippen LogP contribution in [-0.4, -0.2) is 38.4 Å². The van der Waals surface area contributed by atoms with Gasteiger partial charge in [0.05, 0.1) is 6.10 Å². The van der Waals surface area contributed by atoms with Crippen LogP contribution in [0.15, 0.2) is 15.8 Å². The first-order valence-electron chi connectivity index (χ1n) is 7.24. The van der Waals surface area contributed by atoms with Crippen LogP contribution in [0.3, 0.4) is 0 Å². The largest absolute Gasteiger partial charge is 0.694 e. The van der Waals surface area contributed by atoms with Crippen molar-refractivity contribution in [1.82, 2.24) is 9.55 Å². The van der Waals surface area contributed by atoms with Gasteiger partial charge in [-0.15, -0.1) is 9.42 Å².